The maximum Gasteiger partial charge on any atom is 0.220 e. The third-order valence-electron chi connectivity index (χ3n) is 2.21. The Bertz CT molecular complexity index is 315. The molecule has 0 aliphatic rings. The molecule has 1 rings (SSSR count). The molecule has 2 N–H and O–H groups in total. The van der Waals surface area contributed by atoms with Gasteiger partial charge in [0.15, 0.2) is 0 Å². The molecule has 3 heteroatoms. The minimum absolute atomic E-state index is 0.130. The van der Waals surface area contributed by atoms with Gasteiger partial charge in [0.1, 0.15) is 0 Å². The quantitative estimate of drug-likeness (QED) is 0.757. The fourth-order valence-corrected chi connectivity index (χ4v) is 1.47. The van der Waals surface area contributed by atoms with Crippen LogP contribution in [0.25, 0.3) is 0 Å². The first-order chi connectivity index (χ1) is 6.63. The lowest BCUT2D eigenvalue weighted by atomic mass is 10.2. The number of H-pyrrole nitrogens is 1. The summed E-state index contributed by atoms with van der Waals surface area (Å²) in [5.74, 6) is 0.130. The predicted octanol–water partition coefficient (Wildman–Crippen LogP) is 2.05. The monoisotopic (exact) mass is 194 g/mol. The van der Waals surface area contributed by atoms with E-state index >= 15 is 0 Å². The van der Waals surface area contributed by atoms with E-state index in [0.717, 1.165) is 17.8 Å². The zero-order valence-electron chi connectivity index (χ0n) is 9.11. The van der Waals surface area contributed by atoms with Crippen molar-refractivity contribution in [1.82, 2.24) is 10.3 Å². The van der Waals surface area contributed by atoms with Crippen molar-refractivity contribution in [2.45, 2.75) is 40.2 Å². The highest BCUT2D eigenvalue weighted by Crippen LogP contribution is 2.08. The van der Waals surface area contributed by atoms with E-state index in [1.807, 2.05) is 20.8 Å². The first-order valence-electron chi connectivity index (χ1n) is 5.05. The van der Waals surface area contributed by atoms with Crippen LogP contribution in [0.3, 0.4) is 0 Å². The Morgan fingerprint density at radius 2 is 2.21 bits per heavy atom. The largest absolute Gasteiger partial charge is 0.362 e. The summed E-state index contributed by atoms with van der Waals surface area (Å²) in [5.41, 5.74) is 3.45. The minimum Gasteiger partial charge on any atom is -0.362 e. The molecule has 1 amide bonds. The van der Waals surface area contributed by atoms with Gasteiger partial charge < -0.3 is 10.3 Å². The standard InChI is InChI=1S/C11H18N2O/c1-4-5-11(14)12-7-10-6-8(2)13-9(10)3/h6,13H,4-5,7H2,1-3H3,(H,12,14). The van der Waals surface area contributed by atoms with Gasteiger partial charge in [-0.15, -0.1) is 0 Å². The van der Waals surface area contributed by atoms with Gasteiger partial charge in [0, 0.05) is 24.4 Å². The van der Waals surface area contributed by atoms with Crippen molar-refractivity contribution >= 4 is 5.91 Å². The van der Waals surface area contributed by atoms with Crippen LogP contribution >= 0.6 is 0 Å². The van der Waals surface area contributed by atoms with Gasteiger partial charge in [-0.25, -0.2) is 0 Å². The van der Waals surface area contributed by atoms with Gasteiger partial charge in [-0.1, -0.05) is 6.92 Å². The van der Waals surface area contributed by atoms with Gasteiger partial charge >= 0.3 is 0 Å². The van der Waals surface area contributed by atoms with Crippen LogP contribution in [-0.2, 0) is 11.3 Å². The predicted molar refractivity (Wildman–Crippen MR) is 57.0 cm³/mol. The van der Waals surface area contributed by atoms with E-state index < -0.39 is 0 Å². The molecular weight excluding hydrogens is 176 g/mol. The number of hydrogen-bond acceptors (Lipinski definition) is 1. The summed E-state index contributed by atoms with van der Waals surface area (Å²) in [5, 5.41) is 2.90. The van der Waals surface area contributed by atoms with Gasteiger partial charge in [0.2, 0.25) is 5.91 Å². The highest BCUT2D eigenvalue weighted by molar-refractivity contribution is 5.75. The topological polar surface area (TPSA) is 44.9 Å². The fraction of sp³-hybridized carbons (Fsp3) is 0.545. The van der Waals surface area contributed by atoms with E-state index in [-0.39, 0.29) is 5.91 Å². The smallest absolute Gasteiger partial charge is 0.220 e. The summed E-state index contributed by atoms with van der Waals surface area (Å²) < 4.78 is 0. The van der Waals surface area contributed by atoms with Gasteiger partial charge in [-0.3, -0.25) is 4.79 Å². The summed E-state index contributed by atoms with van der Waals surface area (Å²) in [6, 6.07) is 2.07. The summed E-state index contributed by atoms with van der Waals surface area (Å²) in [4.78, 5) is 14.4. The number of aromatic nitrogens is 1. The molecule has 1 heterocycles. The summed E-state index contributed by atoms with van der Waals surface area (Å²) in [6.45, 7) is 6.68. The molecule has 0 unspecified atom stereocenters. The average Bonchev–Trinajstić information content (AvgIpc) is 2.42. The molecule has 0 aliphatic heterocycles. The van der Waals surface area contributed by atoms with Crippen LogP contribution in [-0.4, -0.2) is 10.9 Å². The Hall–Kier alpha value is -1.25. The van der Waals surface area contributed by atoms with Crippen LogP contribution < -0.4 is 5.32 Å². The first kappa shape index (κ1) is 10.8. The van der Waals surface area contributed by atoms with E-state index in [9.17, 15) is 4.79 Å². The average molecular weight is 194 g/mol. The van der Waals surface area contributed by atoms with Crippen molar-refractivity contribution in [1.29, 1.82) is 0 Å². The normalized spacial score (nSPS) is 10.2. The maximum atomic E-state index is 11.2. The van der Waals surface area contributed by atoms with Crippen LogP contribution in [0.5, 0.6) is 0 Å². The molecule has 0 saturated heterocycles. The maximum absolute atomic E-state index is 11.2. The SMILES string of the molecule is CCCC(=O)NCc1cc(C)[nH]c1C. The van der Waals surface area contributed by atoms with Crippen LogP contribution in [0.1, 0.15) is 36.7 Å². The van der Waals surface area contributed by atoms with E-state index in [1.54, 1.807) is 0 Å². The van der Waals surface area contributed by atoms with Crippen molar-refractivity contribution in [3.8, 4) is 0 Å². The van der Waals surface area contributed by atoms with Gasteiger partial charge in [0.05, 0.1) is 0 Å². The number of nitrogens with one attached hydrogen (secondary N) is 2. The van der Waals surface area contributed by atoms with Gasteiger partial charge in [-0.05, 0) is 31.9 Å². The first-order valence-corrected chi connectivity index (χ1v) is 5.05. The Kier molecular flexibility index (Phi) is 3.74. The third-order valence-corrected chi connectivity index (χ3v) is 2.21. The molecule has 0 aromatic carbocycles. The zero-order valence-corrected chi connectivity index (χ0v) is 9.11. The zero-order chi connectivity index (χ0) is 10.6. The van der Waals surface area contributed by atoms with Crippen molar-refractivity contribution in [3.05, 3.63) is 23.0 Å². The lowest BCUT2D eigenvalue weighted by Crippen LogP contribution is -2.22. The van der Waals surface area contributed by atoms with Crippen LogP contribution in [0.2, 0.25) is 0 Å². The number of rotatable bonds is 4. The lowest BCUT2D eigenvalue weighted by Gasteiger charge is -2.03. The molecule has 0 spiro atoms. The second-order valence-corrected chi connectivity index (χ2v) is 3.63. The summed E-state index contributed by atoms with van der Waals surface area (Å²) in [7, 11) is 0. The highest BCUT2D eigenvalue weighted by atomic mass is 16.1. The van der Waals surface area contributed by atoms with Crippen molar-refractivity contribution in [3.63, 3.8) is 0 Å². The number of aromatic amines is 1. The number of carbonyl (C=O) groups is 1. The number of hydrogen-bond donors (Lipinski definition) is 2. The molecule has 0 radical (unpaired) electrons. The lowest BCUT2D eigenvalue weighted by molar-refractivity contribution is -0.121. The second-order valence-electron chi connectivity index (χ2n) is 3.63. The molecule has 0 aliphatic carbocycles. The van der Waals surface area contributed by atoms with E-state index in [1.165, 1.54) is 5.56 Å². The number of aryl methyl sites for hydroxylation is 2. The van der Waals surface area contributed by atoms with Gasteiger partial charge in [-0.2, -0.15) is 0 Å². The van der Waals surface area contributed by atoms with Gasteiger partial charge in [0.25, 0.3) is 0 Å². The Morgan fingerprint density at radius 1 is 1.50 bits per heavy atom. The van der Waals surface area contributed by atoms with Crippen molar-refractivity contribution in [2.24, 2.45) is 0 Å². The number of amides is 1. The molecule has 3 nitrogen and oxygen atoms in total. The van der Waals surface area contributed by atoms with E-state index in [4.69, 9.17) is 0 Å². The number of carbonyl (C=O) groups excluding carboxylic acids is 1. The Labute approximate surface area is 84.9 Å². The van der Waals surface area contributed by atoms with E-state index in [2.05, 4.69) is 16.4 Å². The van der Waals surface area contributed by atoms with Crippen molar-refractivity contribution < 1.29 is 4.79 Å². The molecular formula is C11H18N2O. The third kappa shape index (κ3) is 2.91. The molecule has 0 fully saturated rings. The summed E-state index contributed by atoms with van der Waals surface area (Å²) >= 11 is 0. The molecule has 1 aromatic rings. The molecule has 0 atom stereocenters. The summed E-state index contributed by atoms with van der Waals surface area (Å²) in [6.07, 6.45) is 1.51. The van der Waals surface area contributed by atoms with Crippen LogP contribution in [0.15, 0.2) is 6.07 Å². The molecule has 14 heavy (non-hydrogen) atoms. The van der Waals surface area contributed by atoms with Crippen LogP contribution in [0, 0.1) is 13.8 Å². The highest BCUT2D eigenvalue weighted by Gasteiger charge is 2.03. The Balaban J connectivity index is 2.45. The molecule has 1 aromatic heterocycles. The Morgan fingerprint density at radius 3 is 2.71 bits per heavy atom. The minimum atomic E-state index is 0.130. The molecule has 78 valence electrons. The van der Waals surface area contributed by atoms with Crippen molar-refractivity contribution in [2.75, 3.05) is 0 Å². The molecule has 0 saturated carbocycles. The molecule has 0 bridgehead atoms. The fourth-order valence-electron chi connectivity index (χ4n) is 1.47. The van der Waals surface area contributed by atoms with Crippen LogP contribution in [0.4, 0.5) is 0 Å². The second kappa shape index (κ2) is 4.84. The van der Waals surface area contributed by atoms with E-state index in [0.29, 0.717) is 13.0 Å².